The standard InChI is InChI=1S/C14H22Br2N2/c1-3-4-5-6-7-8-13(17-2)14-12(16)9-11(15)10-18-14/h9-10,13,17H,3-8H2,1-2H3. The Labute approximate surface area is 127 Å². The molecular weight excluding hydrogens is 356 g/mol. The van der Waals surface area contributed by atoms with Crippen molar-refractivity contribution in [1.29, 1.82) is 0 Å². The van der Waals surface area contributed by atoms with Crippen LogP contribution in [-0.4, -0.2) is 12.0 Å². The van der Waals surface area contributed by atoms with E-state index >= 15 is 0 Å². The van der Waals surface area contributed by atoms with Crippen LogP contribution in [0.5, 0.6) is 0 Å². The number of nitrogens with one attached hydrogen (secondary N) is 1. The quantitative estimate of drug-likeness (QED) is 0.627. The van der Waals surface area contributed by atoms with E-state index in [1.807, 2.05) is 13.2 Å². The SMILES string of the molecule is CCCCCCCC(NC)c1ncc(Br)cc1Br. The molecule has 4 heteroatoms. The van der Waals surface area contributed by atoms with Gasteiger partial charge in [0.25, 0.3) is 0 Å². The van der Waals surface area contributed by atoms with Crippen LogP contribution in [0.2, 0.25) is 0 Å². The van der Waals surface area contributed by atoms with Gasteiger partial charge in [0.05, 0.1) is 11.7 Å². The molecule has 1 heterocycles. The van der Waals surface area contributed by atoms with Gasteiger partial charge in [-0.25, -0.2) is 0 Å². The average Bonchev–Trinajstić information content (AvgIpc) is 2.35. The fraction of sp³-hybridized carbons (Fsp3) is 0.643. The zero-order valence-corrected chi connectivity index (χ0v) is 14.3. The molecule has 0 spiro atoms. The van der Waals surface area contributed by atoms with Gasteiger partial charge in [-0.05, 0) is 51.4 Å². The maximum absolute atomic E-state index is 4.51. The van der Waals surface area contributed by atoms with Gasteiger partial charge in [-0.3, -0.25) is 4.98 Å². The maximum atomic E-state index is 4.51. The summed E-state index contributed by atoms with van der Waals surface area (Å²) in [6, 6.07) is 2.40. The Kier molecular flexibility index (Phi) is 8.11. The van der Waals surface area contributed by atoms with Crippen molar-refractivity contribution >= 4 is 31.9 Å². The molecule has 1 aromatic heterocycles. The van der Waals surface area contributed by atoms with Gasteiger partial charge in [-0.2, -0.15) is 0 Å². The highest BCUT2D eigenvalue weighted by Gasteiger charge is 2.13. The summed E-state index contributed by atoms with van der Waals surface area (Å²) in [4.78, 5) is 4.51. The molecule has 0 saturated carbocycles. The number of unbranched alkanes of at least 4 members (excludes halogenated alkanes) is 4. The van der Waals surface area contributed by atoms with E-state index in [9.17, 15) is 0 Å². The van der Waals surface area contributed by atoms with E-state index in [1.54, 1.807) is 0 Å². The summed E-state index contributed by atoms with van der Waals surface area (Å²) in [5.41, 5.74) is 1.11. The van der Waals surface area contributed by atoms with Gasteiger partial charge in [0.2, 0.25) is 0 Å². The Balaban J connectivity index is 2.49. The van der Waals surface area contributed by atoms with E-state index in [-0.39, 0.29) is 0 Å². The van der Waals surface area contributed by atoms with Gasteiger partial charge in [-0.1, -0.05) is 39.0 Å². The van der Waals surface area contributed by atoms with Crippen molar-refractivity contribution < 1.29 is 0 Å². The zero-order valence-electron chi connectivity index (χ0n) is 11.2. The second kappa shape index (κ2) is 9.05. The second-order valence-corrected chi connectivity index (χ2v) is 6.33. The van der Waals surface area contributed by atoms with E-state index in [0.29, 0.717) is 6.04 Å². The number of rotatable bonds is 8. The van der Waals surface area contributed by atoms with Crippen molar-refractivity contribution in [1.82, 2.24) is 10.3 Å². The molecule has 0 amide bonds. The Hall–Kier alpha value is 0.0700. The normalized spacial score (nSPS) is 12.7. The number of pyridine rings is 1. The van der Waals surface area contributed by atoms with Crippen molar-refractivity contribution in [3.8, 4) is 0 Å². The summed E-state index contributed by atoms with van der Waals surface area (Å²) in [5.74, 6) is 0. The van der Waals surface area contributed by atoms with Crippen molar-refractivity contribution in [3.63, 3.8) is 0 Å². The molecule has 0 aliphatic carbocycles. The average molecular weight is 378 g/mol. The summed E-state index contributed by atoms with van der Waals surface area (Å²) in [6.45, 7) is 2.25. The molecular formula is C14H22Br2N2. The number of hydrogen-bond donors (Lipinski definition) is 1. The first-order chi connectivity index (χ1) is 8.69. The van der Waals surface area contributed by atoms with E-state index in [1.165, 1.54) is 32.1 Å². The van der Waals surface area contributed by atoms with E-state index in [0.717, 1.165) is 21.1 Å². The molecule has 0 fully saturated rings. The summed E-state index contributed by atoms with van der Waals surface area (Å²) in [6.07, 6.45) is 9.59. The summed E-state index contributed by atoms with van der Waals surface area (Å²) >= 11 is 7.03. The van der Waals surface area contributed by atoms with Crippen LogP contribution in [0.1, 0.15) is 57.2 Å². The molecule has 1 unspecified atom stereocenters. The molecule has 1 aromatic rings. The van der Waals surface area contributed by atoms with Gasteiger partial charge < -0.3 is 5.32 Å². The molecule has 1 rings (SSSR count). The minimum atomic E-state index is 0.342. The number of nitrogens with zero attached hydrogens (tertiary/aromatic N) is 1. The van der Waals surface area contributed by atoms with Gasteiger partial charge in [0, 0.05) is 15.1 Å². The van der Waals surface area contributed by atoms with Crippen molar-refractivity contribution in [2.24, 2.45) is 0 Å². The Morgan fingerprint density at radius 2 is 1.94 bits per heavy atom. The van der Waals surface area contributed by atoms with Crippen LogP contribution < -0.4 is 5.32 Å². The maximum Gasteiger partial charge on any atom is 0.0715 e. The molecule has 18 heavy (non-hydrogen) atoms. The van der Waals surface area contributed by atoms with Crippen molar-refractivity contribution in [3.05, 3.63) is 26.9 Å². The predicted molar refractivity (Wildman–Crippen MR) is 84.8 cm³/mol. The summed E-state index contributed by atoms with van der Waals surface area (Å²) in [7, 11) is 2.01. The van der Waals surface area contributed by atoms with Crippen LogP contribution >= 0.6 is 31.9 Å². The number of hydrogen-bond acceptors (Lipinski definition) is 2. The molecule has 0 radical (unpaired) electrons. The molecule has 0 aliphatic heterocycles. The third-order valence-corrected chi connectivity index (χ3v) is 4.18. The Morgan fingerprint density at radius 3 is 2.56 bits per heavy atom. The predicted octanol–water partition coefficient (Wildman–Crippen LogP) is 5.23. The molecule has 0 saturated heterocycles. The van der Waals surface area contributed by atoms with E-state index < -0.39 is 0 Å². The monoisotopic (exact) mass is 376 g/mol. The van der Waals surface area contributed by atoms with Gasteiger partial charge in [0.15, 0.2) is 0 Å². The molecule has 0 aliphatic rings. The van der Waals surface area contributed by atoms with Gasteiger partial charge in [-0.15, -0.1) is 0 Å². The van der Waals surface area contributed by atoms with Crippen LogP contribution in [0.25, 0.3) is 0 Å². The van der Waals surface area contributed by atoms with E-state index in [4.69, 9.17) is 0 Å². The molecule has 0 bridgehead atoms. The van der Waals surface area contributed by atoms with Crippen LogP contribution in [0.4, 0.5) is 0 Å². The van der Waals surface area contributed by atoms with E-state index in [2.05, 4.69) is 55.2 Å². The third kappa shape index (κ3) is 5.37. The van der Waals surface area contributed by atoms with Gasteiger partial charge >= 0.3 is 0 Å². The first-order valence-electron chi connectivity index (χ1n) is 6.67. The van der Waals surface area contributed by atoms with Crippen LogP contribution in [0.15, 0.2) is 21.2 Å². The fourth-order valence-electron chi connectivity index (χ4n) is 2.05. The molecule has 1 N–H and O–H groups in total. The van der Waals surface area contributed by atoms with Crippen LogP contribution in [0, 0.1) is 0 Å². The molecule has 0 aromatic carbocycles. The Morgan fingerprint density at radius 1 is 1.22 bits per heavy atom. The highest BCUT2D eigenvalue weighted by Crippen LogP contribution is 2.27. The third-order valence-electron chi connectivity index (χ3n) is 3.11. The first-order valence-corrected chi connectivity index (χ1v) is 8.25. The minimum absolute atomic E-state index is 0.342. The zero-order chi connectivity index (χ0) is 13.4. The summed E-state index contributed by atoms with van der Waals surface area (Å²) in [5, 5.41) is 3.36. The first kappa shape index (κ1) is 16.1. The fourth-order valence-corrected chi connectivity index (χ4v) is 3.32. The van der Waals surface area contributed by atoms with Crippen LogP contribution in [0.3, 0.4) is 0 Å². The van der Waals surface area contributed by atoms with Gasteiger partial charge in [0.1, 0.15) is 0 Å². The molecule has 102 valence electrons. The largest absolute Gasteiger partial charge is 0.312 e. The van der Waals surface area contributed by atoms with Crippen LogP contribution in [-0.2, 0) is 0 Å². The Bertz CT molecular complexity index is 356. The minimum Gasteiger partial charge on any atom is -0.312 e. The topological polar surface area (TPSA) is 24.9 Å². The number of aromatic nitrogens is 1. The number of halogens is 2. The highest BCUT2D eigenvalue weighted by molar-refractivity contribution is 9.11. The lowest BCUT2D eigenvalue weighted by Gasteiger charge is -2.17. The molecule has 1 atom stereocenters. The lowest BCUT2D eigenvalue weighted by atomic mass is 10.0. The highest BCUT2D eigenvalue weighted by atomic mass is 79.9. The lowest BCUT2D eigenvalue weighted by Crippen LogP contribution is -2.18. The molecule has 2 nitrogen and oxygen atoms in total. The van der Waals surface area contributed by atoms with Crippen molar-refractivity contribution in [2.75, 3.05) is 7.05 Å². The second-order valence-electron chi connectivity index (χ2n) is 4.56. The van der Waals surface area contributed by atoms with Crippen molar-refractivity contribution in [2.45, 2.75) is 51.5 Å². The smallest absolute Gasteiger partial charge is 0.0715 e. The lowest BCUT2D eigenvalue weighted by molar-refractivity contribution is 0.490. The summed E-state index contributed by atoms with van der Waals surface area (Å²) < 4.78 is 2.08.